The van der Waals surface area contributed by atoms with Crippen LogP contribution in [0.3, 0.4) is 0 Å². The van der Waals surface area contributed by atoms with Crippen molar-refractivity contribution in [3.8, 4) is 5.75 Å². The van der Waals surface area contributed by atoms with Gasteiger partial charge in [-0.05, 0) is 44.1 Å². The molecule has 1 spiro atoms. The highest BCUT2D eigenvalue weighted by molar-refractivity contribution is 5.90. The molecule has 5 unspecified atom stereocenters. The van der Waals surface area contributed by atoms with Crippen LogP contribution >= 0.6 is 0 Å². The largest absolute Gasteiger partial charge is 0.493 e. The number of hydrogen-bond donors (Lipinski definition) is 1. The fraction of sp³-hybridized carbons (Fsp3) is 0.619. The molecule has 1 aromatic carbocycles. The highest BCUT2D eigenvalue weighted by Gasteiger charge is 2.64. The van der Waals surface area contributed by atoms with Gasteiger partial charge in [-0.2, -0.15) is 0 Å². The average molecular weight is 355 g/mol. The lowest BCUT2D eigenvalue weighted by molar-refractivity contribution is -0.150. The van der Waals surface area contributed by atoms with Crippen molar-refractivity contribution in [3.05, 3.63) is 29.8 Å². The first-order valence-electron chi connectivity index (χ1n) is 9.89. The predicted molar refractivity (Wildman–Crippen MR) is 95.0 cm³/mol. The van der Waals surface area contributed by atoms with Crippen molar-refractivity contribution >= 4 is 11.9 Å². The van der Waals surface area contributed by atoms with Gasteiger partial charge in [-0.1, -0.05) is 31.0 Å². The Labute approximate surface area is 153 Å². The number of para-hydroxylation sites is 1. The SMILES string of the molecule is O=C(O)C1CC2CCCCC2N1C(=O)C1CC12CCOc1ccccc12. The van der Waals surface area contributed by atoms with Crippen molar-refractivity contribution in [1.82, 2.24) is 4.90 Å². The van der Waals surface area contributed by atoms with Crippen LogP contribution in [0.1, 0.15) is 50.5 Å². The van der Waals surface area contributed by atoms with E-state index in [0.717, 1.165) is 49.8 Å². The molecule has 2 aliphatic heterocycles. The van der Waals surface area contributed by atoms with Gasteiger partial charge in [0.25, 0.3) is 0 Å². The lowest BCUT2D eigenvalue weighted by Gasteiger charge is -2.34. The highest BCUT2D eigenvalue weighted by atomic mass is 16.5. The van der Waals surface area contributed by atoms with Crippen molar-refractivity contribution in [2.75, 3.05) is 6.61 Å². The second kappa shape index (κ2) is 5.73. The average Bonchev–Trinajstić information content (AvgIpc) is 3.22. The highest BCUT2D eigenvalue weighted by Crippen LogP contribution is 2.62. The van der Waals surface area contributed by atoms with Gasteiger partial charge in [-0.15, -0.1) is 0 Å². The first-order valence-corrected chi connectivity index (χ1v) is 9.89. The Kier molecular flexibility index (Phi) is 3.56. The van der Waals surface area contributed by atoms with Crippen LogP contribution < -0.4 is 4.74 Å². The Balaban J connectivity index is 1.45. The van der Waals surface area contributed by atoms with E-state index in [2.05, 4.69) is 6.07 Å². The summed E-state index contributed by atoms with van der Waals surface area (Å²) in [6.07, 6.45) is 6.58. The number of amides is 1. The van der Waals surface area contributed by atoms with Crippen molar-refractivity contribution in [3.63, 3.8) is 0 Å². The number of hydrogen-bond acceptors (Lipinski definition) is 3. The van der Waals surface area contributed by atoms with Gasteiger partial charge < -0.3 is 14.7 Å². The maximum Gasteiger partial charge on any atom is 0.326 e. The number of fused-ring (bicyclic) bond motifs is 3. The second-order valence-corrected chi connectivity index (χ2v) is 8.45. The Hall–Kier alpha value is -2.04. The number of carbonyl (C=O) groups excluding carboxylic acids is 1. The predicted octanol–water partition coefficient (Wildman–Crippen LogP) is 2.97. The van der Waals surface area contributed by atoms with Crippen LogP contribution in [0.5, 0.6) is 5.75 Å². The molecule has 2 aliphatic carbocycles. The summed E-state index contributed by atoms with van der Waals surface area (Å²) in [5, 5.41) is 9.73. The van der Waals surface area contributed by atoms with Gasteiger partial charge in [0, 0.05) is 22.9 Å². The van der Waals surface area contributed by atoms with E-state index < -0.39 is 12.0 Å². The number of rotatable bonds is 2. The van der Waals surface area contributed by atoms with Gasteiger partial charge in [0.05, 0.1) is 6.61 Å². The lowest BCUT2D eigenvalue weighted by atomic mass is 9.84. The molecule has 2 saturated carbocycles. The molecule has 5 rings (SSSR count). The Morgan fingerprint density at radius 1 is 1.19 bits per heavy atom. The van der Waals surface area contributed by atoms with Gasteiger partial charge in [0.15, 0.2) is 0 Å². The van der Waals surface area contributed by atoms with E-state index in [1.54, 1.807) is 4.90 Å². The van der Waals surface area contributed by atoms with E-state index in [0.29, 0.717) is 18.9 Å². The molecule has 5 heteroatoms. The van der Waals surface area contributed by atoms with Crippen LogP contribution in [-0.2, 0) is 15.0 Å². The zero-order chi connectivity index (χ0) is 17.9. The zero-order valence-electron chi connectivity index (χ0n) is 14.9. The molecule has 5 nitrogen and oxygen atoms in total. The quantitative estimate of drug-likeness (QED) is 0.886. The van der Waals surface area contributed by atoms with Crippen molar-refractivity contribution in [2.24, 2.45) is 11.8 Å². The molecule has 26 heavy (non-hydrogen) atoms. The monoisotopic (exact) mass is 355 g/mol. The summed E-state index contributed by atoms with van der Waals surface area (Å²) in [5.41, 5.74) is 0.998. The number of carboxylic acids is 1. The Bertz CT molecular complexity index is 762. The fourth-order valence-corrected chi connectivity index (χ4v) is 5.86. The third-order valence-electron chi connectivity index (χ3n) is 7.23. The molecule has 0 bridgehead atoms. The van der Waals surface area contributed by atoms with E-state index in [-0.39, 0.29) is 23.3 Å². The van der Waals surface area contributed by atoms with Crippen LogP contribution in [0.2, 0.25) is 0 Å². The van der Waals surface area contributed by atoms with Gasteiger partial charge >= 0.3 is 5.97 Å². The molecule has 5 atom stereocenters. The number of benzene rings is 1. The van der Waals surface area contributed by atoms with E-state index in [1.807, 2.05) is 18.2 Å². The number of carbonyl (C=O) groups is 2. The van der Waals surface area contributed by atoms with E-state index in [9.17, 15) is 14.7 Å². The topological polar surface area (TPSA) is 66.8 Å². The first kappa shape index (κ1) is 16.2. The van der Waals surface area contributed by atoms with Gasteiger partial charge in [-0.25, -0.2) is 4.79 Å². The first-order chi connectivity index (χ1) is 12.6. The standard InChI is InChI=1S/C21H25NO4/c23-19(22-16-7-3-1-5-13(16)11-17(22)20(24)25)15-12-21(15)9-10-26-18-8-4-2-6-14(18)21/h2,4,6,8,13,15-17H,1,3,5,7,9-12H2,(H,24,25). The molecule has 4 aliphatic rings. The number of aliphatic carboxylic acids is 1. The van der Waals surface area contributed by atoms with Crippen LogP contribution in [-0.4, -0.2) is 40.6 Å². The molecular weight excluding hydrogens is 330 g/mol. The van der Waals surface area contributed by atoms with E-state index >= 15 is 0 Å². The summed E-state index contributed by atoms with van der Waals surface area (Å²) < 4.78 is 5.78. The van der Waals surface area contributed by atoms with Crippen LogP contribution in [0, 0.1) is 11.8 Å². The molecular formula is C21H25NO4. The third-order valence-corrected chi connectivity index (χ3v) is 7.23. The van der Waals surface area contributed by atoms with Crippen LogP contribution in [0.25, 0.3) is 0 Å². The zero-order valence-corrected chi connectivity index (χ0v) is 14.9. The summed E-state index contributed by atoms with van der Waals surface area (Å²) in [6, 6.07) is 7.51. The van der Waals surface area contributed by atoms with Gasteiger partial charge in [-0.3, -0.25) is 4.79 Å². The molecule has 138 valence electrons. The minimum absolute atomic E-state index is 0.0727. The summed E-state index contributed by atoms with van der Waals surface area (Å²) >= 11 is 0. The van der Waals surface area contributed by atoms with Gasteiger partial charge in [0.1, 0.15) is 11.8 Å². The molecule has 1 N–H and O–H groups in total. The second-order valence-electron chi connectivity index (χ2n) is 8.45. The third kappa shape index (κ3) is 2.22. The maximum atomic E-state index is 13.5. The van der Waals surface area contributed by atoms with Crippen molar-refractivity contribution < 1.29 is 19.4 Å². The summed E-state index contributed by atoms with van der Waals surface area (Å²) in [5.74, 6) is 0.402. The molecule has 3 fully saturated rings. The molecule has 2 heterocycles. The van der Waals surface area contributed by atoms with E-state index in [4.69, 9.17) is 4.74 Å². The number of likely N-dealkylation sites (tertiary alicyclic amines) is 1. The number of nitrogens with zero attached hydrogens (tertiary/aromatic N) is 1. The molecule has 0 aromatic heterocycles. The van der Waals surface area contributed by atoms with Crippen molar-refractivity contribution in [2.45, 2.75) is 62.4 Å². The summed E-state index contributed by atoms with van der Waals surface area (Å²) in [4.78, 5) is 27.1. The smallest absolute Gasteiger partial charge is 0.326 e. The Morgan fingerprint density at radius 3 is 2.85 bits per heavy atom. The molecule has 1 saturated heterocycles. The Morgan fingerprint density at radius 2 is 2.00 bits per heavy atom. The molecule has 1 amide bonds. The maximum absolute atomic E-state index is 13.5. The lowest BCUT2D eigenvalue weighted by Crippen LogP contribution is -2.47. The summed E-state index contributed by atoms with van der Waals surface area (Å²) in [7, 11) is 0. The fourth-order valence-electron chi connectivity index (χ4n) is 5.86. The normalized spacial score (nSPS) is 37.6. The van der Waals surface area contributed by atoms with Crippen LogP contribution in [0.15, 0.2) is 24.3 Å². The van der Waals surface area contributed by atoms with E-state index in [1.165, 1.54) is 0 Å². The minimum Gasteiger partial charge on any atom is -0.493 e. The summed E-state index contributed by atoms with van der Waals surface area (Å²) in [6.45, 7) is 0.634. The molecule has 0 radical (unpaired) electrons. The number of ether oxygens (including phenoxy) is 1. The van der Waals surface area contributed by atoms with Crippen LogP contribution in [0.4, 0.5) is 0 Å². The minimum atomic E-state index is -0.838. The number of carboxylic acid groups (broad SMARTS) is 1. The van der Waals surface area contributed by atoms with Crippen molar-refractivity contribution in [1.29, 1.82) is 0 Å². The van der Waals surface area contributed by atoms with Gasteiger partial charge in [0.2, 0.25) is 5.91 Å². The molecule has 1 aromatic rings.